The Morgan fingerprint density at radius 2 is 2.15 bits per heavy atom. The Labute approximate surface area is 151 Å². The van der Waals surface area contributed by atoms with E-state index in [0.29, 0.717) is 36.8 Å². The number of amides is 1. The molecular formula is C19H22N2O5. The normalized spacial score (nSPS) is 19.6. The van der Waals surface area contributed by atoms with E-state index in [1.807, 2.05) is 0 Å². The summed E-state index contributed by atoms with van der Waals surface area (Å²) in [4.78, 5) is 16.6. The van der Waals surface area contributed by atoms with Gasteiger partial charge < -0.3 is 24.6 Å². The molecule has 1 amide bonds. The van der Waals surface area contributed by atoms with Crippen LogP contribution in [0.5, 0.6) is 11.6 Å². The van der Waals surface area contributed by atoms with E-state index in [9.17, 15) is 4.79 Å². The number of carbonyl (C=O) groups is 1. The van der Waals surface area contributed by atoms with Crippen LogP contribution < -0.4 is 14.8 Å². The highest BCUT2D eigenvalue weighted by Crippen LogP contribution is 2.19. The van der Waals surface area contributed by atoms with Gasteiger partial charge in [0.15, 0.2) is 0 Å². The zero-order chi connectivity index (χ0) is 18.4. The number of hydrogen-bond donors (Lipinski definition) is 2. The van der Waals surface area contributed by atoms with E-state index >= 15 is 0 Å². The van der Waals surface area contributed by atoms with Gasteiger partial charge in [-0.1, -0.05) is 12.1 Å². The first-order valence-corrected chi connectivity index (χ1v) is 8.44. The molecule has 0 bridgehead atoms. The molecule has 3 rings (SSSR count). The molecule has 2 N–H and O–H groups in total. The van der Waals surface area contributed by atoms with Crippen molar-refractivity contribution in [1.29, 1.82) is 0 Å². The van der Waals surface area contributed by atoms with Crippen LogP contribution >= 0.6 is 0 Å². The van der Waals surface area contributed by atoms with Crippen LogP contribution in [0.4, 0.5) is 0 Å². The lowest BCUT2D eigenvalue weighted by Gasteiger charge is -2.32. The number of pyridine rings is 1. The standard InChI is InChI=1S/C19H22N2O5/c1-24-18-10-14(6-8-20-18)19(23)21-16-7-9-25-12-17(16)26-15-4-2-13(11-22)3-5-15/h2-6,8,10,16-17,22H,7,9,11-12H2,1H3,(H,21,23)/t16-,17-/m1/s1. The summed E-state index contributed by atoms with van der Waals surface area (Å²) >= 11 is 0. The number of benzene rings is 1. The average molecular weight is 358 g/mol. The smallest absolute Gasteiger partial charge is 0.251 e. The zero-order valence-electron chi connectivity index (χ0n) is 14.6. The molecule has 1 aliphatic heterocycles. The Hall–Kier alpha value is -2.64. The molecule has 0 radical (unpaired) electrons. The first-order chi connectivity index (χ1) is 12.7. The van der Waals surface area contributed by atoms with Gasteiger partial charge in [-0.3, -0.25) is 4.79 Å². The summed E-state index contributed by atoms with van der Waals surface area (Å²) in [5.74, 6) is 0.853. The van der Waals surface area contributed by atoms with Crippen molar-refractivity contribution < 1.29 is 24.1 Å². The molecule has 0 aliphatic carbocycles. The van der Waals surface area contributed by atoms with E-state index in [0.717, 1.165) is 5.56 Å². The highest BCUT2D eigenvalue weighted by atomic mass is 16.5. The van der Waals surface area contributed by atoms with E-state index in [4.69, 9.17) is 19.3 Å². The van der Waals surface area contributed by atoms with Crippen LogP contribution in [-0.2, 0) is 11.3 Å². The second-order valence-corrected chi connectivity index (χ2v) is 5.99. The van der Waals surface area contributed by atoms with Crippen LogP contribution in [0, 0.1) is 0 Å². The van der Waals surface area contributed by atoms with Gasteiger partial charge in [0.25, 0.3) is 5.91 Å². The maximum atomic E-state index is 12.5. The van der Waals surface area contributed by atoms with Crippen molar-refractivity contribution >= 4 is 5.91 Å². The zero-order valence-corrected chi connectivity index (χ0v) is 14.6. The summed E-state index contributed by atoms with van der Waals surface area (Å²) in [6.45, 7) is 0.946. The van der Waals surface area contributed by atoms with Crippen LogP contribution in [-0.4, -0.2) is 48.5 Å². The van der Waals surface area contributed by atoms with Crippen molar-refractivity contribution in [3.8, 4) is 11.6 Å². The van der Waals surface area contributed by atoms with E-state index in [-0.39, 0.29) is 24.7 Å². The first-order valence-electron chi connectivity index (χ1n) is 8.44. The Kier molecular flexibility index (Phi) is 6.04. The largest absolute Gasteiger partial charge is 0.486 e. The van der Waals surface area contributed by atoms with Gasteiger partial charge >= 0.3 is 0 Å². The topological polar surface area (TPSA) is 89.9 Å². The molecule has 1 aliphatic rings. The molecule has 2 aromatic rings. The molecule has 138 valence electrons. The van der Waals surface area contributed by atoms with Gasteiger partial charge in [0.05, 0.1) is 26.4 Å². The molecule has 1 aromatic carbocycles. The number of aromatic nitrogens is 1. The van der Waals surface area contributed by atoms with E-state index in [1.165, 1.54) is 13.3 Å². The quantitative estimate of drug-likeness (QED) is 0.814. The number of methoxy groups -OCH3 is 1. The Balaban J connectivity index is 1.66. The summed E-state index contributed by atoms with van der Waals surface area (Å²) < 4.78 is 16.6. The maximum Gasteiger partial charge on any atom is 0.251 e. The molecule has 26 heavy (non-hydrogen) atoms. The van der Waals surface area contributed by atoms with Gasteiger partial charge in [0.1, 0.15) is 11.9 Å². The number of hydrogen-bond acceptors (Lipinski definition) is 6. The Bertz CT molecular complexity index is 735. The SMILES string of the molecule is COc1cc(C(=O)N[C@@H]2CCOC[C@H]2Oc2ccc(CO)cc2)ccn1. The summed E-state index contributed by atoms with van der Waals surface area (Å²) in [6, 6.07) is 10.3. The number of rotatable bonds is 6. The van der Waals surface area contributed by atoms with E-state index in [2.05, 4.69) is 10.3 Å². The minimum absolute atomic E-state index is 0.0130. The fourth-order valence-corrected chi connectivity index (χ4v) is 2.76. The van der Waals surface area contributed by atoms with Gasteiger partial charge in [-0.15, -0.1) is 0 Å². The van der Waals surface area contributed by atoms with Gasteiger partial charge in [-0.05, 0) is 30.2 Å². The summed E-state index contributed by atoms with van der Waals surface area (Å²) in [5, 5.41) is 12.1. The first kappa shape index (κ1) is 18.2. The third kappa shape index (κ3) is 4.50. The number of carbonyl (C=O) groups excluding carboxylic acids is 1. The predicted octanol–water partition coefficient (Wildman–Crippen LogP) is 1.55. The molecule has 2 heterocycles. The molecule has 1 aromatic heterocycles. The van der Waals surface area contributed by atoms with Crippen LogP contribution in [0.15, 0.2) is 42.6 Å². The Morgan fingerprint density at radius 3 is 2.88 bits per heavy atom. The molecule has 0 saturated carbocycles. The third-order valence-electron chi connectivity index (χ3n) is 4.22. The summed E-state index contributed by atoms with van der Waals surface area (Å²) in [7, 11) is 1.51. The van der Waals surface area contributed by atoms with Gasteiger partial charge in [0.2, 0.25) is 5.88 Å². The van der Waals surface area contributed by atoms with Gasteiger partial charge in [-0.2, -0.15) is 0 Å². The predicted molar refractivity (Wildman–Crippen MR) is 94.3 cm³/mol. The summed E-state index contributed by atoms with van der Waals surface area (Å²) in [5.41, 5.74) is 1.29. The van der Waals surface area contributed by atoms with Crippen molar-refractivity contribution in [1.82, 2.24) is 10.3 Å². The molecule has 7 nitrogen and oxygen atoms in total. The number of nitrogens with one attached hydrogen (secondary N) is 1. The lowest BCUT2D eigenvalue weighted by molar-refractivity contribution is -0.0135. The summed E-state index contributed by atoms with van der Waals surface area (Å²) in [6.07, 6.45) is 1.90. The van der Waals surface area contributed by atoms with Gasteiger partial charge in [-0.25, -0.2) is 4.98 Å². The van der Waals surface area contributed by atoms with Gasteiger partial charge in [0, 0.05) is 24.4 Å². The lowest BCUT2D eigenvalue weighted by Crippen LogP contribution is -2.51. The molecule has 2 atom stereocenters. The van der Waals surface area contributed by atoms with Crippen LogP contribution in [0.2, 0.25) is 0 Å². The maximum absolute atomic E-state index is 12.5. The van der Waals surface area contributed by atoms with E-state index in [1.54, 1.807) is 36.4 Å². The fourth-order valence-electron chi connectivity index (χ4n) is 2.76. The van der Waals surface area contributed by atoms with Crippen molar-refractivity contribution in [3.63, 3.8) is 0 Å². The second-order valence-electron chi connectivity index (χ2n) is 5.99. The van der Waals surface area contributed by atoms with Crippen molar-refractivity contribution in [2.75, 3.05) is 20.3 Å². The van der Waals surface area contributed by atoms with Crippen LogP contribution in [0.3, 0.4) is 0 Å². The second kappa shape index (κ2) is 8.64. The lowest BCUT2D eigenvalue weighted by atomic mass is 10.1. The van der Waals surface area contributed by atoms with Crippen molar-refractivity contribution in [2.24, 2.45) is 0 Å². The monoisotopic (exact) mass is 358 g/mol. The number of aliphatic hydroxyl groups excluding tert-OH is 1. The number of aliphatic hydroxyl groups is 1. The third-order valence-corrected chi connectivity index (χ3v) is 4.22. The minimum Gasteiger partial charge on any atom is -0.486 e. The minimum atomic E-state index is -0.295. The number of nitrogens with zero attached hydrogens (tertiary/aromatic N) is 1. The highest BCUT2D eigenvalue weighted by Gasteiger charge is 2.29. The fraction of sp³-hybridized carbons (Fsp3) is 0.368. The average Bonchev–Trinajstić information content (AvgIpc) is 2.70. The van der Waals surface area contributed by atoms with Crippen LogP contribution in [0.1, 0.15) is 22.3 Å². The Morgan fingerprint density at radius 1 is 1.35 bits per heavy atom. The van der Waals surface area contributed by atoms with Crippen LogP contribution in [0.25, 0.3) is 0 Å². The molecular weight excluding hydrogens is 336 g/mol. The molecule has 0 unspecified atom stereocenters. The number of ether oxygens (including phenoxy) is 3. The van der Waals surface area contributed by atoms with Crippen molar-refractivity contribution in [3.05, 3.63) is 53.7 Å². The van der Waals surface area contributed by atoms with Crippen molar-refractivity contribution in [2.45, 2.75) is 25.2 Å². The molecule has 1 fully saturated rings. The highest BCUT2D eigenvalue weighted by molar-refractivity contribution is 5.94. The van der Waals surface area contributed by atoms with E-state index < -0.39 is 0 Å². The molecule has 1 saturated heterocycles. The molecule has 7 heteroatoms. The molecule has 0 spiro atoms.